The Morgan fingerprint density at radius 1 is 0.939 bits per heavy atom. The summed E-state index contributed by atoms with van der Waals surface area (Å²) in [7, 11) is 0. The highest BCUT2D eigenvalue weighted by molar-refractivity contribution is 6.04. The Balaban J connectivity index is 1.44. The van der Waals surface area contributed by atoms with Gasteiger partial charge in [-0.25, -0.2) is 4.79 Å². The molecular formula is C28H22O5. The molecule has 1 aromatic heterocycles. The average Bonchev–Trinajstić information content (AvgIpc) is 3.32. The van der Waals surface area contributed by atoms with Crippen LogP contribution in [0.3, 0.4) is 0 Å². The van der Waals surface area contributed by atoms with Gasteiger partial charge in [-0.2, -0.15) is 0 Å². The SMILES string of the molecule is Cc1c(-c2ccccc2)oc2c(C(=O)OCC(=O)c3ccc4c(c3)CCC4)cccc2c1=O. The highest BCUT2D eigenvalue weighted by atomic mass is 16.5. The van der Waals surface area contributed by atoms with Gasteiger partial charge in [0.15, 0.2) is 23.4 Å². The van der Waals surface area contributed by atoms with Gasteiger partial charge in [-0.05, 0) is 55.5 Å². The number of esters is 1. The van der Waals surface area contributed by atoms with Crippen molar-refractivity contribution < 1.29 is 18.7 Å². The number of carbonyl (C=O) groups excluding carboxylic acids is 2. The van der Waals surface area contributed by atoms with Crippen LogP contribution in [0.4, 0.5) is 0 Å². The van der Waals surface area contributed by atoms with Crippen LogP contribution in [0.25, 0.3) is 22.3 Å². The first kappa shape index (κ1) is 20.9. The van der Waals surface area contributed by atoms with Gasteiger partial charge >= 0.3 is 5.97 Å². The van der Waals surface area contributed by atoms with Crippen molar-refractivity contribution in [1.82, 2.24) is 0 Å². The van der Waals surface area contributed by atoms with Crippen molar-refractivity contribution in [2.75, 3.05) is 6.61 Å². The first-order valence-electron chi connectivity index (χ1n) is 11.0. The number of hydrogen-bond acceptors (Lipinski definition) is 5. The second-order valence-electron chi connectivity index (χ2n) is 8.27. The molecule has 164 valence electrons. The maximum Gasteiger partial charge on any atom is 0.342 e. The Morgan fingerprint density at radius 3 is 2.55 bits per heavy atom. The average molecular weight is 438 g/mol. The Hall–Kier alpha value is -3.99. The fourth-order valence-corrected chi connectivity index (χ4v) is 4.37. The molecule has 5 heteroatoms. The van der Waals surface area contributed by atoms with Gasteiger partial charge in [0.2, 0.25) is 0 Å². The molecule has 0 unspecified atom stereocenters. The Bertz CT molecular complexity index is 1450. The number of rotatable bonds is 5. The molecule has 5 rings (SSSR count). The smallest absolute Gasteiger partial charge is 0.342 e. The van der Waals surface area contributed by atoms with E-state index in [4.69, 9.17) is 9.15 Å². The summed E-state index contributed by atoms with van der Waals surface area (Å²) >= 11 is 0. The van der Waals surface area contributed by atoms with E-state index in [1.165, 1.54) is 17.2 Å². The summed E-state index contributed by atoms with van der Waals surface area (Å²) in [5.41, 5.74) is 4.26. The highest BCUT2D eigenvalue weighted by Gasteiger charge is 2.21. The molecular weight excluding hydrogens is 416 g/mol. The van der Waals surface area contributed by atoms with Crippen molar-refractivity contribution in [1.29, 1.82) is 0 Å². The summed E-state index contributed by atoms with van der Waals surface area (Å²) in [5, 5.41) is 0.298. The Morgan fingerprint density at radius 2 is 1.73 bits per heavy atom. The van der Waals surface area contributed by atoms with Crippen LogP contribution in [0, 0.1) is 6.92 Å². The van der Waals surface area contributed by atoms with Gasteiger partial charge in [-0.3, -0.25) is 9.59 Å². The van der Waals surface area contributed by atoms with Crippen LogP contribution < -0.4 is 5.43 Å². The number of para-hydroxylation sites is 1. The van der Waals surface area contributed by atoms with Crippen LogP contribution in [0.1, 0.15) is 43.8 Å². The predicted octanol–water partition coefficient (Wildman–Crippen LogP) is 5.30. The molecule has 5 nitrogen and oxygen atoms in total. The molecule has 4 aromatic rings. The standard InChI is InChI=1S/C28H22O5/c1-17-25(30)22-11-6-12-23(27(22)33-26(17)19-7-3-2-4-8-19)28(31)32-16-24(29)21-14-13-18-9-5-10-20(18)15-21/h2-4,6-8,11-15H,5,9-10,16H2,1H3. The predicted molar refractivity (Wildman–Crippen MR) is 126 cm³/mol. The lowest BCUT2D eigenvalue weighted by atomic mass is 10.0. The number of hydrogen-bond donors (Lipinski definition) is 0. The first-order valence-corrected chi connectivity index (χ1v) is 11.0. The van der Waals surface area contributed by atoms with Crippen LogP contribution >= 0.6 is 0 Å². The van der Waals surface area contributed by atoms with Crippen molar-refractivity contribution in [3.05, 3.63) is 105 Å². The number of fused-ring (bicyclic) bond motifs is 2. The minimum Gasteiger partial charge on any atom is -0.455 e. The van der Waals surface area contributed by atoms with Crippen LogP contribution in [0.15, 0.2) is 75.9 Å². The Labute approximate surface area is 190 Å². The zero-order valence-electron chi connectivity index (χ0n) is 18.2. The van der Waals surface area contributed by atoms with Crippen molar-refractivity contribution in [2.24, 2.45) is 0 Å². The van der Waals surface area contributed by atoms with Crippen LogP contribution in [0.2, 0.25) is 0 Å². The molecule has 3 aromatic carbocycles. The van der Waals surface area contributed by atoms with E-state index in [2.05, 4.69) is 0 Å². The van der Waals surface area contributed by atoms with E-state index in [-0.39, 0.29) is 29.0 Å². The van der Waals surface area contributed by atoms with Gasteiger partial charge in [0.25, 0.3) is 0 Å². The van der Waals surface area contributed by atoms with Crippen molar-refractivity contribution in [3.8, 4) is 11.3 Å². The lowest BCUT2D eigenvalue weighted by Crippen LogP contribution is -2.16. The van der Waals surface area contributed by atoms with Crippen molar-refractivity contribution >= 4 is 22.7 Å². The molecule has 0 radical (unpaired) electrons. The van der Waals surface area contributed by atoms with Gasteiger partial charge in [0, 0.05) is 16.7 Å². The van der Waals surface area contributed by atoms with E-state index < -0.39 is 5.97 Å². The molecule has 1 aliphatic rings. The third kappa shape index (κ3) is 3.87. The number of ketones is 1. The summed E-state index contributed by atoms with van der Waals surface area (Å²) in [4.78, 5) is 38.5. The van der Waals surface area contributed by atoms with E-state index >= 15 is 0 Å². The normalized spacial score (nSPS) is 12.5. The summed E-state index contributed by atoms with van der Waals surface area (Å²) in [6.45, 7) is 1.32. The van der Waals surface area contributed by atoms with Gasteiger partial charge in [-0.15, -0.1) is 0 Å². The summed E-state index contributed by atoms with van der Waals surface area (Å²) in [6.07, 6.45) is 3.10. The Kier molecular flexibility index (Phi) is 5.38. The van der Waals surface area contributed by atoms with E-state index in [1.54, 1.807) is 25.1 Å². The monoisotopic (exact) mass is 438 g/mol. The molecule has 1 aliphatic carbocycles. The van der Waals surface area contributed by atoms with E-state index in [0.717, 1.165) is 24.8 Å². The topological polar surface area (TPSA) is 73.6 Å². The van der Waals surface area contributed by atoms with E-state index in [9.17, 15) is 14.4 Å². The summed E-state index contributed by atoms with van der Waals surface area (Å²) in [6, 6.07) is 19.7. The van der Waals surface area contributed by atoms with Crippen LogP contribution in [-0.4, -0.2) is 18.4 Å². The van der Waals surface area contributed by atoms with Gasteiger partial charge in [0.05, 0.1) is 5.39 Å². The zero-order chi connectivity index (χ0) is 22.9. The number of carbonyl (C=O) groups is 2. The molecule has 0 atom stereocenters. The third-order valence-corrected chi connectivity index (χ3v) is 6.16. The lowest BCUT2D eigenvalue weighted by molar-refractivity contribution is 0.0475. The van der Waals surface area contributed by atoms with Crippen LogP contribution in [-0.2, 0) is 17.6 Å². The lowest BCUT2D eigenvalue weighted by Gasteiger charge is -2.10. The maximum absolute atomic E-state index is 13.0. The third-order valence-electron chi connectivity index (χ3n) is 6.16. The second-order valence-corrected chi connectivity index (χ2v) is 8.27. The quantitative estimate of drug-likeness (QED) is 0.312. The number of aryl methyl sites for hydroxylation is 2. The summed E-state index contributed by atoms with van der Waals surface area (Å²) in [5.74, 6) is -0.566. The number of Topliss-reactive ketones (excluding diaryl/α,β-unsaturated/α-hetero) is 1. The van der Waals surface area contributed by atoms with Gasteiger partial charge < -0.3 is 9.15 Å². The number of ether oxygens (including phenoxy) is 1. The van der Waals surface area contributed by atoms with Gasteiger partial charge in [-0.1, -0.05) is 48.5 Å². The molecule has 0 aliphatic heterocycles. The van der Waals surface area contributed by atoms with Gasteiger partial charge in [0.1, 0.15) is 11.3 Å². The minimum atomic E-state index is -0.707. The van der Waals surface area contributed by atoms with Crippen molar-refractivity contribution in [2.45, 2.75) is 26.2 Å². The first-order chi connectivity index (χ1) is 16.0. The molecule has 0 saturated carbocycles. The molecule has 0 spiro atoms. The highest BCUT2D eigenvalue weighted by Crippen LogP contribution is 2.28. The van der Waals surface area contributed by atoms with E-state index in [1.807, 2.05) is 42.5 Å². The van der Waals surface area contributed by atoms with Crippen molar-refractivity contribution in [3.63, 3.8) is 0 Å². The maximum atomic E-state index is 13.0. The molecule has 0 N–H and O–H groups in total. The number of benzene rings is 3. The molecule has 0 saturated heterocycles. The second kappa shape index (κ2) is 8.51. The van der Waals surface area contributed by atoms with E-state index in [0.29, 0.717) is 22.3 Å². The molecule has 0 fully saturated rings. The zero-order valence-corrected chi connectivity index (χ0v) is 18.2. The molecule has 0 bridgehead atoms. The van der Waals surface area contributed by atoms with Crippen LogP contribution in [0.5, 0.6) is 0 Å². The fraction of sp³-hybridized carbons (Fsp3) is 0.179. The fourth-order valence-electron chi connectivity index (χ4n) is 4.37. The molecule has 33 heavy (non-hydrogen) atoms. The summed E-state index contributed by atoms with van der Waals surface area (Å²) < 4.78 is 11.4. The molecule has 0 amide bonds. The molecule has 1 heterocycles. The largest absolute Gasteiger partial charge is 0.455 e. The minimum absolute atomic E-state index is 0.114.